The van der Waals surface area contributed by atoms with E-state index in [0.717, 1.165) is 5.56 Å². The molecule has 0 saturated carbocycles. The fraction of sp³-hybridized carbons (Fsp3) is 0.240. The summed E-state index contributed by atoms with van der Waals surface area (Å²) in [5, 5.41) is 0.434. The van der Waals surface area contributed by atoms with Gasteiger partial charge in [-0.1, -0.05) is 59.3 Å². The van der Waals surface area contributed by atoms with E-state index in [1.165, 1.54) is 23.0 Å². The Morgan fingerprint density at radius 3 is 2.62 bits per heavy atom. The number of esters is 1. The van der Waals surface area contributed by atoms with Crippen LogP contribution in [-0.2, 0) is 14.3 Å². The van der Waals surface area contributed by atoms with Crippen LogP contribution in [0.1, 0.15) is 24.1 Å². The molecule has 0 saturated heterocycles. The maximum atomic E-state index is 13.7. The van der Waals surface area contributed by atoms with Crippen LogP contribution in [0.4, 0.5) is 0 Å². The molecule has 2 aromatic carbocycles. The number of carbonyl (C=O) groups is 1. The molecule has 4 rings (SSSR count). The molecule has 0 spiro atoms. The first-order chi connectivity index (χ1) is 16.5. The van der Waals surface area contributed by atoms with Crippen molar-refractivity contribution in [2.24, 2.45) is 4.99 Å². The van der Waals surface area contributed by atoms with Crippen molar-refractivity contribution in [2.75, 3.05) is 27.4 Å². The molecule has 3 aromatic rings. The first kappa shape index (κ1) is 23.9. The molecule has 9 heteroatoms. The van der Waals surface area contributed by atoms with Crippen molar-refractivity contribution in [3.8, 4) is 5.75 Å². The van der Waals surface area contributed by atoms with E-state index in [9.17, 15) is 9.59 Å². The first-order valence-electron chi connectivity index (χ1n) is 10.5. The molecule has 1 unspecified atom stereocenters. The van der Waals surface area contributed by atoms with Crippen LogP contribution in [-0.4, -0.2) is 38.0 Å². The maximum absolute atomic E-state index is 13.7. The average Bonchev–Trinajstić information content (AvgIpc) is 3.13. The quantitative estimate of drug-likeness (QED) is 0.369. The van der Waals surface area contributed by atoms with Crippen molar-refractivity contribution in [3.05, 3.63) is 95.6 Å². The minimum absolute atomic E-state index is 0.0829. The van der Waals surface area contributed by atoms with Crippen molar-refractivity contribution in [2.45, 2.75) is 13.0 Å². The van der Waals surface area contributed by atoms with E-state index in [1.807, 2.05) is 30.3 Å². The molecular formula is C25H23ClN2O5S. The number of allylic oxidation sites excluding steroid dienone is 1. The van der Waals surface area contributed by atoms with Gasteiger partial charge in [0.2, 0.25) is 0 Å². The lowest BCUT2D eigenvalue weighted by Crippen LogP contribution is -2.40. The Morgan fingerprint density at radius 2 is 1.88 bits per heavy atom. The summed E-state index contributed by atoms with van der Waals surface area (Å²) in [4.78, 5) is 31.8. The standard InChI is InChI=1S/C25H23ClN2O5S/c1-15-21(24(30)33-13-12-31-2)22(17-9-5-6-10-18(17)26)28-23(29)20(34-25(28)27-15)14-16-8-4-7-11-19(16)32-3/h4-11,14,22H,12-13H2,1-3H3. The van der Waals surface area contributed by atoms with Gasteiger partial charge in [-0.2, -0.15) is 0 Å². The van der Waals surface area contributed by atoms with Crippen molar-refractivity contribution in [1.82, 2.24) is 4.57 Å². The molecule has 2 heterocycles. The highest BCUT2D eigenvalue weighted by atomic mass is 35.5. The smallest absolute Gasteiger partial charge is 0.338 e. The van der Waals surface area contributed by atoms with E-state index >= 15 is 0 Å². The highest BCUT2D eigenvalue weighted by molar-refractivity contribution is 7.07. The number of benzene rings is 2. The summed E-state index contributed by atoms with van der Waals surface area (Å²) in [6.45, 7) is 2.07. The number of ether oxygens (including phenoxy) is 3. The van der Waals surface area contributed by atoms with Gasteiger partial charge < -0.3 is 14.2 Å². The Labute approximate surface area is 205 Å². The molecule has 7 nitrogen and oxygen atoms in total. The third-order valence-corrected chi connectivity index (χ3v) is 6.71. The lowest BCUT2D eigenvalue weighted by Gasteiger charge is -2.25. The van der Waals surface area contributed by atoms with Crippen LogP contribution < -0.4 is 19.6 Å². The predicted molar refractivity (Wildman–Crippen MR) is 131 cm³/mol. The second kappa shape index (κ2) is 10.4. The second-order valence-corrected chi connectivity index (χ2v) is 8.89. The Morgan fingerprint density at radius 1 is 1.15 bits per heavy atom. The van der Waals surface area contributed by atoms with Gasteiger partial charge in [0.1, 0.15) is 18.4 Å². The van der Waals surface area contributed by atoms with Gasteiger partial charge in [0.15, 0.2) is 4.80 Å². The number of rotatable bonds is 7. The van der Waals surface area contributed by atoms with Gasteiger partial charge in [-0.25, -0.2) is 9.79 Å². The zero-order chi connectivity index (χ0) is 24.2. The number of thiazole rings is 1. The number of aromatic nitrogens is 1. The molecule has 1 aliphatic heterocycles. The Balaban J connectivity index is 1.92. The van der Waals surface area contributed by atoms with Crippen LogP contribution in [0, 0.1) is 0 Å². The topological polar surface area (TPSA) is 79.1 Å². The van der Waals surface area contributed by atoms with Gasteiger partial charge in [-0.05, 0) is 30.7 Å². The fourth-order valence-electron chi connectivity index (χ4n) is 3.80. The van der Waals surface area contributed by atoms with Crippen molar-refractivity contribution < 1.29 is 19.0 Å². The van der Waals surface area contributed by atoms with Crippen LogP contribution in [0.15, 0.2) is 69.6 Å². The van der Waals surface area contributed by atoms with Gasteiger partial charge in [0.05, 0.1) is 29.5 Å². The second-order valence-electron chi connectivity index (χ2n) is 7.47. The summed E-state index contributed by atoms with van der Waals surface area (Å²) in [5.41, 5.74) is 1.83. The molecule has 0 aliphatic carbocycles. The number of nitrogens with zero attached hydrogens (tertiary/aromatic N) is 2. The summed E-state index contributed by atoms with van der Waals surface area (Å²) in [6.07, 6.45) is 1.77. The molecule has 0 bridgehead atoms. The fourth-order valence-corrected chi connectivity index (χ4v) is 5.07. The largest absolute Gasteiger partial charge is 0.496 e. The van der Waals surface area contributed by atoms with E-state index in [-0.39, 0.29) is 24.3 Å². The van der Waals surface area contributed by atoms with Gasteiger partial charge in [0, 0.05) is 17.7 Å². The molecule has 0 amide bonds. The average molecular weight is 499 g/mol. The SMILES string of the molecule is COCCOC(=O)C1=C(C)N=c2sc(=Cc3ccccc3OC)c(=O)n2C1c1ccccc1Cl. The summed E-state index contributed by atoms with van der Waals surface area (Å²) < 4.78 is 17.8. The summed E-state index contributed by atoms with van der Waals surface area (Å²) in [5.74, 6) is 0.0804. The van der Waals surface area contributed by atoms with E-state index in [0.29, 0.717) is 31.4 Å². The molecule has 176 valence electrons. The van der Waals surface area contributed by atoms with E-state index in [4.69, 9.17) is 25.8 Å². The maximum Gasteiger partial charge on any atom is 0.338 e. The molecule has 0 radical (unpaired) electrons. The van der Waals surface area contributed by atoms with E-state index < -0.39 is 12.0 Å². The number of para-hydroxylation sites is 1. The van der Waals surface area contributed by atoms with Crippen LogP contribution in [0.3, 0.4) is 0 Å². The highest BCUT2D eigenvalue weighted by Gasteiger charge is 2.34. The first-order valence-corrected chi connectivity index (χ1v) is 11.7. The number of hydrogen-bond acceptors (Lipinski definition) is 7. The zero-order valence-electron chi connectivity index (χ0n) is 18.9. The van der Waals surface area contributed by atoms with Gasteiger partial charge in [-0.15, -0.1) is 0 Å². The van der Waals surface area contributed by atoms with Gasteiger partial charge in [-0.3, -0.25) is 9.36 Å². The Hall–Kier alpha value is -3.20. The van der Waals surface area contributed by atoms with Gasteiger partial charge in [0.25, 0.3) is 5.56 Å². The normalized spacial score (nSPS) is 15.6. The van der Waals surface area contributed by atoms with Crippen LogP contribution >= 0.6 is 22.9 Å². The van der Waals surface area contributed by atoms with Crippen LogP contribution in [0.5, 0.6) is 5.75 Å². The van der Waals surface area contributed by atoms with Crippen molar-refractivity contribution in [3.63, 3.8) is 0 Å². The third kappa shape index (κ3) is 4.57. The molecule has 0 N–H and O–H groups in total. The predicted octanol–water partition coefficient (Wildman–Crippen LogP) is 3.09. The molecule has 0 fully saturated rings. The number of carbonyl (C=O) groups excluding carboxylic acids is 1. The monoisotopic (exact) mass is 498 g/mol. The number of hydrogen-bond donors (Lipinski definition) is 0. The van der Waals surface area contributed by atoms with Crippen molar-refractivity contribution in [1.29, 1.82) is 0 Å². The Bertz CT molecular complexity index is 1440. The number of fused-ring (bicyclic) bond motifs is 1. The van der Waals surface area contributed by atoms with Gasteiger partial charge >= 0.3 is 5.97 Å². The molecular weight excluding hydrogens is 476 g/mol. The van der Waals surface area contributed by atoms with Crippen LogP contribution in [0.25, 0.3) is 6.08 Å². The van der Waals surface area contributed by atoms with E-state index in [1.54, 1.807) is 38.3 Å². The molecule has 1 aromatic heterocycles. The number of methoxy groups -OCH3 is 2. The minimum Gasteiger partial charge on any atom is -0.496 e. The molecule has 1 atom stereocenters. The summed E-state index contributed by atoms with van der Waals surface area (Å²) in [7, 11) is 3.11. The lowest BCUT2D eigenvalue weighted by atomic mass is 9.96. The third-order valence-electron chi connectivity index (χ3n) is 5.39. The zero-order valence-corrected chi connectivity index (χ0v) is 20.5. The Kier molecular flexibility index (Phi) is 7.31. The molecule has 1 aliphatic rings. The van der Waals surface area contributed by atoms with Crippen LogP contribution in [0.2, 0.25) is 5.02 Å². The molecule has 34 heavy (non-hydrogen) atoms. The van der Waals surface area contributed by atoms with E-state index in [2.05, 4.69) is 4.99 Å². The summed E-state index contributed by atoms with van der Waals surface area (Å²) >= 11 is 7.78. The minimum atomic E-state index is -0.778. The highest BCUT2D eigenvalue weighted by Crippen LogP contribution is 2.34. The lowest BCUT2D eigenvalue weighted by molar-refractivity contribution is -0.140. The summed E-state index contributed by atoms with van der Waals surface area (Å²) in [6, 6.07) is 13.8. The van der Waals surface area contributed by atoms with Crippen molar-refractivity contribution >= 4 is 35.0 Å². The number of halogens is 1.